The number of nitrogens with one attached hydrogen (secondary N) is 1. The molecule has 0 unspecified atom stereocenters. The highest BCUT2D eigenvalue weighted by molar-refractivity contribution is 6.30. The van der Waals surface area contributed by atoms with Crippen molar-refractivity contribution in [1.82, 2.24) is 14.9 Å². The molecule has 2 aromatic heterocycles. The van der Waals surface area contributed by atoms with E-state index in [-0.39, 0.29) is 6.42 Å². The number of aryl methyl sites for hydroxylation is 1. The van der Waals surface area contributed by atoms with Gasteiger partial charge < -0.3 is 19.7 Å². The van der Waals surface area contributed by atoms with Crippen LogP contribution in [0.1, 0.15) is 30.2 Å². The molecule has 3 heterocycles. The number of fused-ring (bicyclic) bond motifs is 1. The van der Waals surface area contributed by atoms with Crippen LogP contribution >= 0.6 is 11.6 Å². The molecule has 0 bridgehead atoms. The highest BCUT2D eigenvalue weighted by Crippen LogP contribution is 2.36. The maximum absolute atomic E-state index is 12.7. The van der Waals surface area contributed by atoms with Crippen molar-refractivity contribution in [3.05, 3.63) is 83.5 Å². The minimum absolute atomic E-state index is 0.0918. The Morgan fingerprint density at radius 3 is 2.76 bits per heavy atom. The van der Waals surface area contributed by atoms with Crippen LogP contribution in [0.5, 0.6) is 5.75 Å². The lowest BCUT2D eigenvalue weighted by Crippen LogP contribution is -2.41. The summed E-state index contributed by atoms with van der Waals surface area (Å²) in [6, 6.07) is 8.94. The van der Waals surface area contributed by atoms with E-state index in [2.05, 4.69) is 16.9 Å². The Kier molecular flexibility index (Phi) is 6.67. The maximum atomic E-state index is 12.7. The zero-order valence-electron chi connectivity index (χ0n) is 17.8. The Bertz CT molecular complexity index is 1210. The molecule has 10 heteroatoms. The van der Waals surface area contributed by atoms with E-state index in [1.165, 1.54) is 12.3 Å². The number of benzene rings is 1. The zero-order chi connectivity index (χ0) is 24.5. The van der Waals surface area contributed by atoms with Crippen molar-refractivity contribution >= 4 is 17.5 Å². The van der Waals surface area contributed by atoms with E-state index in [1.54, 1.807) is 36.7 Å². The van der Waals surface area contributed by atoms with Crippen molar-refractivity contribution in [2.75, 3.05) is 0 Å². The third kappa shape index (κ3) is 5.43. The second-order valence-electron chi connectivity index (χ2n) is 7.95. The molecular weight excluding hydrogens is 471 g/mol. The fourth-order valence-electron chi connectivity index (χ4n) is 3.64. The molecule has 0 saturated heterocycles. The minimum Gasteiger partial charge on any atom is -0.480 e. The van der Waals surface area contributed by atoms with E-state index in [0.29, 0.717) is 40.6 Å². The zero-order valence-corrected chi connectivity index (χ0v) is 18.6. The molecule has 0 spiro atoms. The van der Waals surface area contributed by atoms with Gasteiger partial charge in [-0.05, 0) is 30.3 Å². The summed E-state index contributed by atoms with van der Waals surface area (Å²) in [6.07, 6.45) is -0.955. The Balaban J connectivity index is 1.30. The van der Waals surface area contributed by atoms with E-state index in [0.717, 1.165) is 11.6 Å². The van der Waals surface area contributed by atoms with Crippen molar-refractivity contribution in [2.45, 2.75) is 37.8 Å². The number of ether oxygens (including phenoxy) is 1. The summed E-state index contributed by atoms with van der Waals surface area (Å²) < 4.78 is 45.6. The van der Waals surface area contributed by atoms with Crippen molar-refractivity contribution < 1.29 is 27.8 Å². The van der Waals surface area contributed by atoms with Gasteiger partial charge in [-0.3, -0.25) is 9.78 Å². The van der Waals surface area contributed by atoms with Gasteiger partial charge in [0.15, 0.2) is 6.10 Å². The van der Waals surface area contributed by atoms with Gasteiger partial charge in [0.05, 0.1) is 6.10 Å². The first kappa shape index (κ1) is 23.8. The molecule has 34 heavy (non-hydrogen) atoms. The molecule has 6 nitrogen and oxygen atoms in total. The quantitative estimate of drug-likeness (QED) is 0.501. The molecule has 1 aliphatic rings. The summed E-state index contributed by atoms with van der Waals surface area (Å²) in [5.41, 5.74) is 1.36. The van der Waals surface area contributed by atoms with Gasteiger partial charge in [-0.25, -0.2) is 0 Å². The second kappa shape index (κ2) is 9.52. The molecule has 1 aliphatic heterocycles. The Hall–Kier alpha value is -3.30. The molecule has 178 valence electrons. The number of nitrogens with zero attached hydrogens (tertiary/aromatic N) is 2. The number of carbonyl (C=O) groups excluding carboxylic acids is 1. The number of alkyl halides is 3. The third-order valence-corrected chi connectivity index (χ3v) is 5.67. The predicted molar refractivity (Wildman–Crippen MR) is 120 cm³/mol. The van der Waals surface area contributed by atoms with Gasteiger partial charge in [0.2, 0.25) is 0 Å². The molecular formula is C24H21ClF3N3O3. The van der Waals surface area contributed by atoms with Crippen LogP contribution in [0.2, 0.25) is 5.02 Å². The van der Waals surface area contributed by atoms with Crippen LogP contribution in [0.15, 0.2) is 67.3 Å². The smallest absolute Gasteiger partial charge is 0.433 e. The van der Waals surface area contributed by atoms with Gasteiger partial charge in [-0.2, -0.15) is 13.2 Å². The van der Waals surface area contributed by atoms with E-state index in [1.807, 2.05) is 4.57 Å². The molecule has 0 fully saturated rings. The first-order chi connectivity index (χ1) is 16.1. The molecule has 0 radical (unpaired) electrons. The summed E-state index contributed by atoms with van der Waals surface area (Å²) >= 11 is 5.95. The standard InChI is InChI=1S/C24H21ClF3N3O3/c1-14(30-23(33)21-11-19(32)18-10-17(25)3-4-20(18)34-21)6-8-31-9-7-16(13-31)15-2-5-22(29-12-15)24(26,27)28/h2-5,7,9-10,12-13,19,21,32H,1,6,8,11H2,(H,30,33)/t19-,21-/m1/s1. The topological polar surface area (TPSA) is 76.4 Å². The van der Waals surface area contributed by atoms with E-state index < -0.39 is 30.0 Å². The van der Waals surface area contributed by atoms with Crippen LogP contribution in [-0.4, -0.2) is 26.7 Å². The van der Waals surface area contributed by atoms with E-state index >= 15 is 0 Å². The van der Waals surface area contributed by atoms with Crippen molar-refractivity contribution in [1.29, 1.82) is 0 Å². The Morgan fingerprint density at radius 1 is 1.26 bits per heavy atom. The Labute approximate surface area is 198 Å². The number of rotatable bonds is 6. The first-order valence-corrected chi connectivity index (χ1v) is 10.8. The minimum atomic E-state index is -4.48. The lowest BCUT2D eigenvalue weighted by atomic mass is 9.98. The number of halogens is 4. The fraction of sp³-hybridized carbons (Fsp3) is 0.250. The SMILES string of the molecule is C=C(CCn1ccc(-c2ccc(C(F)(F)F)nc2)c1)NC(=O)[C@H]1C[C@@H](O)c2cc(Cl)ccc2O1. The number of amides is 1. The van der Waals surface area contributed by atoms with Gasteiger partial charge in [0.1, 0.15) is 11.4 Å². The van der Waals surface area contributed by atoms with Gasteiger partial charge in [0, 0.05) is 65.4 Å². The third-order valence-electron chi connectivity index (χ3n) is 5.44. The number of aliphatic hydroxyl groups excluding tert-OH is 1. The normalized spacial score (nSPS) is 17.6. The number of hydrogen-bond acceptors (Lipinski definition) is 4. The number of hydrogen-bond donors (Lipinski definition) is 2. The molecule has 3 aromatic rings. The number of pyridine rings is 1. The van der Waals surface area contributed by atoms with Crippen LogP contribution in [-0.2, 0) is 17.5 Å². The molecule has 2 N–H and O–H groups in total. The van der Waals surface area contributed by atoms with Crippen LogP contribution < -0.4 is 10.1 Å². The van der Waals surface area contributed by atoms with Crippen LogP contribution in [0.4, 0.5) is 13.2 Å². The summed E-state index contributed by atoms with van der Waals surface area (Å²) in [7, 11) is 0. The summed E-state index contributed by atoms with van der Waals surface area (Å²) in [4.78, 5) is 16.1. The average molecular weight is 492 g/mol. The molecule has 0 saturated carbocycles. The van der Waals surface area contributed by atoms with E-state index in [9.17, 15) is 23.1 Å². The summed E-state index contributed by atoms with van der Waals surface area (Å²) in [5, 5.41) is 13.5. The lowest BCUT2D eigenvalue weighted by molar-refractivity contribution is -0.141. The maximum Gasteiger partial charge on any atom is 0.433 e. The van der Waals surface area contributed by atoms with Crippen LogP contribution in [0.3, 0.4) is 0 Å². The predicted octanol–water partition coefficient (Wildman–Crippen LogP) is 5.13. The highest BCUT2D eigenvalue weighted by Gasteiger charge is 2.33. The average Bonchev–Trinajstić information content (AvgIpc) is 3.26. The molecule has 1 amide bonds. The fourth-order valence-corrected chi connectivity index (χ4v) is 3.82. The number of allylic oxidation sites excluding steroid dienone is 1. The Morgan fingerprint density at radius 2 is 2.06 bits per heavy atom. The molecule has 4 rings (SSSR count). The van der Waals surface area contributed by atoms with Crippen LogP contribution in [0, 0.1) is 0 Å². The number of aliphatic hydroxyl groups is 1. The van der Waals surface area contributed by atoms with Crippen molar-refractivity contribution in [3.63, 3.8) is 0 Å². The highest BCUT2D eigenvalue weighted by atomic mass is 35.5. The second-order valence-corrected chi connectivity index (χ2v) is 8.39. The number of carbonyl (C=O) groups is 1. The van der Waals surface area contributed by atoms with Crippen LogP contribution in [0.25, 0.3) is 11.1 Å². The molecule has 2 atom stereocenters. The van der Waals surface area contributed by atoms with Gasteiger partial charge >= 0.3 is 6.18 Å². The van der Waals surface area contributed by atoms with Gasteiger partial charge in [-0.15, -0.1) is 0 Å². The summed E-state index contributed by atoms with van der Waals surface area (Å²) in [5.74, 6) is 0.000197. The largest absolute Gasteiger partial charge is 0.480 e. The molecule has 0 aliphatic carbocycles. The van der Waals surface area contributed by atoms with E-state index in [4.69, 9.17) is 16.3 Å². The number of aromatic nitrogens is 2. The van der Waals surface area contributed by atoms with Crippen molar-refractivity contribution in [2.24, 2.45) is 0 Å². The summed E-state index contributed by atoms with van der Waals surface area (Å²) in [6.45, 7) is 4.37. The van der Waals surface area contributed by atoms with Gasteiger partial charge in [-0.1, -0.05) is 24.2 Å². The molecule has 1 aromatic carbocycles. The first-order valence-electron chi connectivity index (χ1n) is 10.4. The lowest BCUT2D eigenvalue weighted by Gasteiger charge is -2.29. The van der Waals surface area contributed by atoms with Crippen molar-refractivity contribution in [3.8, 4) is 16.9 Å². The van der Waals surface area contributed by atoms with Gasteiger partial charge in [0.25, 0.3) is 5.91 Å². The monoisotopic (exact) mass is 491 g/mol.